The monoisotopic (exact) mass is 233 g/mol. The van der Waals surface area contributed by atoms with Crippen LogP contribution in [0.2, 0.25) is 0 Å². The third kappa shape index (κ3) is 2.43. The van der Waals surface area contributed by atoms with Crippen molar-refractivity contribution in [2.45, 2.75) is 0 Å². The largest absolute Gasteiger partial charge is 0.431 e. The number of nitrogens with zero attached hydrogens (tertiary/aromatic N) is 3. The number of oxazole rings is 1. The Morgan fingerprint density at radius 1 is 1.29 bits per heavy atom. The topological polar surface area (TPSA) is 124 Å². The Morgan fingerprint density at radius 3 is 2.71 bits per heavy atom. The zero-order valence-electron chi connectivity index (χ0n) is 8.45. The van der Waals surface area contributed by atoms with Crippen molar-refractivity contribution in [1.82, 2.24) is 15.0 Å². The Labute approximate surface area is 94.9 Å². The number of amides is 2. The first kappa shape index (κ1) is 10.7. The van der Waals surface area contributed by atoms with E-state index in [1.165, 1.54) is 18.6 Å². The first-order valence-corrected chi connectivity index (χ1v) is 4.49. The van der Waals surface area contributed by atoms with Gasteiger partial charge in [-0.1, -0.05) is 0 Å². The molecular formula is C9H7N5O3. The second-order valence-corrected chi connectivity index (χ2v) is 2.95. The fourth-order valence-corrected chi connectivity index (χ4v) is 1.02. The van der Waals surface area contributed by atoms with E-state index in [9.17, 15) is 9.59 Å². The molecule has 0 aliphatic rings. The van der Waals surface area contributed by atoms with E-state index in [-0.39, 0.29) is 17.4 Å². The van der Waals surface area contributed by atoms with Gasteiger partial charge in [-0.2, -0.15) is 4.98 Å². The van der Waals surface area contributed by atoms with Crippen molar-refractivity contribution in [3.8, 4) is 0 Å². The number of hydrogen-bond donors (Lipinski definition) is 2. The van der Waals surface area contributed by atoms with Crippen LogP contribution in [-0.2, 0) is 0 Å². The van der Waals surface area contributed by atoms with Crippen LogP contribution >= 0.6 is 0 Å². The summed E-state index contributed by atoms with van der Waals surface area (Å²) >= 11 is 0. The predicted octanol–water partition coefficient (Wildman–Crippen LogP) is -0.184. The zero-order valence-corrected chi connectivity index (χ0v) is 8.45. The molecule has 0 aliphatic carbocycles. The summed E-state index contributed by atoms with van der Waals surface area (Å²) in [6.45, 7) is 0. The molecule has 0 saturated heterocycles. The third-order valence-electron chi connectivity index (χ3n) is 1.77. The fourth-order valence-electron chi connectivity index (χ4n) is 1.02. The standard InChI is InChI=1S/C9H7N5O3/c10-7(15)6-4-17-9(13-6)14-8(16)5-3-11-1-2-12-5/h1-4H,(H2,10,15)(H,13,14,16). The van der Waals surface area contributed by atoms with Crippen LogP contribution in [0.3, 0.4) is 0 Å². The molecule has 2 rings (SSSR count). The molecule has 2 amide bonds. The van der Waals surface area contributed by atoms with Crippen LogP contribution in [0, 0.1) is 0 Å². The molecule has 0 atom stereocenters. The van der Waals surface area contributed by atoms with Gasteiger partial charge in [-0.25, -0.2) is 4.98 Å². The molecule has 0 spiro atoms. The summed E-state index contributed by atoms with van der Waals surface area (Å²) in [4.78, 5) is 33.5. The zero-order chi connectivity index (χ0) is 12.3. The van der Waals surface area contributed by atoms with E-state index in [0.29, 0.717) is 0 Å². The highest BCUT2D eigenvalue weighted by Crippen LogP contribution is 2.07. The summed E-state index contributed by atoms with van der Waals surface area (Å²) in [6, 6.07) is -0.130. The van der Waals surface area contributed by atoms with Gasteiger partial charge in [0.15, 0.2) is 5.69 Å². The average molecular weight is 233 g/mol. The van der Waals surface area contributed by atoms with Crippen LogP contribution in [-0.4, -0.2) is 26.8 Å². The molecule has 2 aromatic heterocycles. The molecule has 0 fully saturated rings. The highest BCUT2D eigenvalue weighted by atomic mass is 16.4. The Bertz CT molecular complexity index is 551. The van der Waals surface area contributed by atoms with Gasteiger partial charge in [0.25, 0.3) is 11.8 Å². The number of anilines is 1. The summed E-state index contributed by atoms with van der Waals surface area (Å²) in [7, 11) is 0. The molecule has 2 heterocycles. The highest BCUT2D eigenvalue weighted by Gasteiger charge is 2.13. The Kier molecular flexibility index (Phi) is 2.77. The lowest BCUT2D eigenvalue weighted by atomic mass is 10.4. The van der Waals surface area contributed by atoms with Crippen LogP contribution < -0.4 is 11.1 Å². The van der Waals surface area contributed by atoms with Crippen molar-refractivity contribution in [1.29, 1.82) is 0 Å². The molecule has 0 aromatic carbocycles. The van der Waals surface area contributed by atoms with E-state index in [1.807, 2.05) is 0 Å². The summed E-state index contributed by atoms with van der Waals surface area (Å²) < 4.78 is 4.83. The van der Waals surface area contributed by atoms with Gasteiger partial charge in [-0.3, -0.25) is 19.9 Å². The van der Waals surface area contributed by atoms with Crippen molar-refractivity contribution < 1.29 is 14.0 Å². The molecule has 0 aliphatic heterocycles. The number of aromatic nitrogens is 3. The molecule has 8 heteroatoms. The number of hydrogen-bond acceptors (Lipinski definition) is 6. The first-order chi connectivity index (χ1) is 8.16. The third-order valence-corrected chi connectivity index (χ3v) is 1.77. The minimum absolute atomic E-state index is 0.0700. The van der Waals surface area contributed by atoms with Crippen LogP contribution in [0.1, 0.15) is 21.0 Å². The van der Waals surface area contributed by atoms with Gasteiger partial charge in [0.05, 0.1) is 6.20 Å². The summed E-state index contributed by atoms with van der Waals surface area (Å²) in [5.41, 5.74) is 5.01. The van der Waals surface area contributed by atoms with Crippen LogP contribution in [0.4, 0.5) is 6.01 Å². The SMILES string of the molecule is NC(=O)c1coc(NC(=O)c2cnccn2)n1. The smallest absolute Gasteiger partial charge is 0.302 e. The molecule has 0 bridgehead atoms. The van der Waals surface area contributed by atoms with Crippen molar-refractivity contribution in [2.24, 2.45) is 5.73 Å². The molecule has 17 heavy (non-hydrogen) atoms. The van der Waals surface area contributed by atoms with Crippen LogP contribution in [0.25, 0.3) is 0 Å². The molecule has 86 valence electrons. The number of nitrogens with one attached hydrogen (secondary N) is 1. The fraction of sp³-hybridized carbons (Fsp3) is 0. The molecule has 0 radical (unpaired) electrons. The van der Waals surface area contributed by atoms with Crippen LogP contribution in [0.15, 0.2) is 29.3 Å². The molecular weight excluding hydrogens is 226 g/mol. The van der Waals surface area contributed by atoms with Gasteiger partial charge >= 0.3 is 6.01 Å². The van der Waals surface area contributed by atoms with Gasteiger partial charge in [0.2, 0.25) is 0 Å². The van der Waals surface area contributed by atoms with E-state index >= 15 is 0 Å². The normalized spacial score (nSPS) is 9.88. The summed E-state index contributed by atoms with van der Waals surface area (Å²) in [5, 5.41) is 2.31. The quantitative estimate of drug-likeness (QED) is 0.757. The number of rotatable bonds is 3. The van der Waals surface area contributed by atoms with E-state index in [1.54, 1.807) is 0 Å². The average Bonchev–Trinajstić information content (AvgIpc) is 2.79. The molecule has 2 aromatic rings. The lowest BCUT2D eigenvalue weighted by Gasteiger charge is -1.97. The lowest BCUT2D eigenvalue weighted by Crippen LogP contribution is -2.15. The Balaban J connectivity index is 2.11. The number of carbonyl (C=O) groups is 2. The van der Waals surface area contributed by atoms with E-state index in [4.69, 9.17) is 10.2 Å². The Morgan fingerprint density at radius 2 is 2.12 bits per heavy atom. The molecule has 0 saturated carbocycles. The van der Waals surface area contributed by atoms with Crippen molar-refractivity contribution in [3.05, 3.63) is 36.2 Å². The minimum atomic E-state index is -0.742. The Hall–Kier alpha value is -2.77. The maximum atomic E-state index is 11.6. The lowest BCUT2D eigenvalue weighted by molar-refractivity contribution is 0.0991. The van der Waals surface area contributed by atoms with Gasteiger partial charge in [-0.15, -0.1) is 0 Å². The summed E-state index contributed by atoms with van der Waals surface area (Å²) in [5.74, 6) is -1.29. The minimum Gasteiger partial charge on any atom is -0.431 e. The number of nitrogens with two attached hydrogens (primary N) is 1. The molecule has 8 nitrogen and oxygen atoms in total. The first-order valence-electron chi connectivity index (χ1n) is 4.49. The van der Waals surface area contributed by atoms with Crippen molar-refractivity contribution >= 4 is 17.8 Å². The number of carbonyl (C=O) groups excluding carboxylic acids is 2. The van der Waals surface area contributed by atoms with Crippen LogP contribution in [0.5, 0.6) is 0 Å². The van der Waals surface area contributed by atoms with Crippen molar-refractivity contribution in [3.63, 3.8) is 0 Å². The number of primary amides is 1. The molecule has 3 N–H and O–H groups in total. The highest BCUT2D eigenvalue weighted by molar-refractivity contribution is 6.01. The van der Waals surface area contributed by atoms with E-state index < -0.39 is 11.8 Å². The van der Waals surface area contributed by atoms with Crippen molar-refractivity contribution in [2.75, 3.05) is 5.32 Å². The van der Waals surface area contributed by atoms with Gasteiger partial charge in [0.1, 0.15) is 12.0 Å². The second kappa shape index (κ2) is 4.39. The van der Waals surface area contributed by atoms with Gasteiger partial charge in [-0.05, 0) is 0 Å². The van der Waals surface area contributed by atoms with E-state index in [0.717, 1.165) is 6.26 Å². The maximum absolute atomic E-state index is 11.6. The molecule has 0 unspecified atom stereocenters. The maximum Gasteiger partial charge on any atom is 0.302 e. The second-order valence-electron chi connectivity index (χ2n) is 2.95. The predicted molar refractivity (Wildman–Crippen MR) is 55.0 cm³/mol. The van der Waals surface area contributed by atoms with E-state index in [2.05, 4.69) is 20.3 Å². The van der Waals surface area contributed by atoms with Gasteiger partial charge in [0, 0.05) is 12.4 Å². The van der Waals surface area contributed by atoms with Gasteiger partial charge < -0.3 is 10.2 Å². The summed E-state index contributed by atoms with van der Waals surface area (Å²) in [6.07, 6.45) is 5.15.